The number of anilines is 2. The van der Waals surface area contributed by atoms with Crippen molar-refractivity contribution in [2.24, 2.45) is 0 Å². The van der Waals surface area contributed by atoms with Gasteiger partial charge in [-0.05, 0) is 18.2 Å². The molecular formula is C13H12ClN3O3. The van der Waals surface area contributed by atoms with E-state index in [-0.39, 0.29) is 5.69 Å². The fourth-order valence-corrected chi connectivity index (χ4v) is 1.69. The lowest BCUT2D eigenvalue weighted by Crippen LogP contribution is -2.06. The van der Waals surface area contributed by atoms with Gasteiger partial charge in [0.2, 0.25) is 0 Å². The molecule has 0 radical (unpaired) electrons. The Hall–Kier alpha value is -2.34. The zero-order chi connectivity index (χ0) is 14.5. The monoisotopic (exact) mass is 293 g/mol. The molecule has 1 aromatic heterocycles. The van der Waals surface area contributed by atoms with Crippen LogP contribution in [0.25, 0.3) is 0 Å². The van der Waals surface area contributed by atoms with Crippen LogP contribution in [0.4, 0.5) is 11.5 Å². The first-order chi connectivity index (χ1) is 9.63. The highest BCUT2D eigenvalue weighted by molar-refractivity contribution is 6.31. The van der Waals surface area contributed by atoms with Gasteiger partial charge in [0, 0.05) is 5.02 Å². The lowest BCUT2D eigenvalue weighted by atomic mass is 10.3. The van der Waals surface area contributed by atoms with Crippen molar-refractivity contribution in [1.29, 1.82) is 0 Å². The molecule has 0 aliphatic heterocycles. The second kappa shape index (κ2) is 6.21. The maximum atomic E-state index is 11.2. The van der Waals surface area contributed by atoms with Crippen LogP contribution in [0, 0.1) is 0 Å². The van der Waals surface area contributed by atoms with E-state index in [0.29, 0.717) is 22.3 Å². The largest absolute Gasteiger partial charge is 0.495 e. The summed E-state index contributed by atoms with van der Waals surface area (Å²) >= 11 is 5.93. The van der Waals surface area contributed by atoms with Gasteiger partial charge in [-0.2, -0.15) is 0 Å². The number of benzene rings is 1. The number of ether oxygens (including phenoxy) is 2. The zero-order valence-electron chi connectivity index (χ0n) is 10.9. The molecule has 20 heavy (non-hydrogen) atoms. The van der Waals surface area contributed by atoms with Gasteiger partial charge in [0.15, 0.2) is 5.69 Å². The third-order valence-electron chi connectivity index (χ3n) is 2.47. The summed E-state index contributed by atoms with van der Waals surface area (Å²) in [7, 11) is 2.84. The van der Waals surface area contributed by atoms with E-state index in [1.54, 1.807) is 25.3 Å². The highest BCUT2D eigenvalue weighted by Gasteiger charge is 2.09. The third kappa shape index (κ3) is 3.16. The minimum atomic E-state index is -0.538. The van der Waals surface area contributed by atoms with Crippen LogP contribution in [0.15, 0.2) is 30.6 Å². The minimum Gasteiger partial charge on any atom is -0.495 e. The normalized spacial score (nSPS) is 9.95. The Bertz CT molecular complexity index is 617. The number of halogens is 1. The average Bonchev–Trinajstić information content (AvgIpc) is 2.47. The second-order valence-electron chi connectivity index (χ2n) is 3.75. The summed E-state index contributed by atoms with van der Waals surface area (Å²) in [5, 5.41) is 3.58. The van der Waals surface area contributed by atoms with Gasteiger partial charge in [-0.25, -0.2) is 14.8 Å². The maximum absolute atomic E-state index is 11.2. The number of aromatic nitrogens is 2. The van der Waals surface area contributed by atoms with Gasteiger partial charge in [-0.15, -0.1) is 0 Å². The summed E-state index contributed by atoms with van der Waals surface area (Å²) < 4.78 is 9.76. The summed E-state index contributed by atoms with van der Waals surface area (Å²) in [6.07, 6.45) is 2.75. The van der Waals surface area contributed by atoms with E-state index in [2.05, 4.69) is 20.0 Å². The summed E-state index contributed by atoms with van der Waals surface area (Å²) in [5.41, 5.74) is 0.788. The first-order valence-corrected chi connectivity index (χ1v) is 6.02. The van der Waals surface area contributed by atoms with Gasteiger partial charge >= 0.3 is 5.97 Å². The van der Waals surface area contributed by atoms with E-state index in [9.17, 15) is 4.79 Å². The van der Waals surface area contributed by atoms with Crippen LogP contribution < -0.4 is 10.1 Å². The van der Waals surface area contributed by atoms with Crippen molar-refractivity contribution in [3.8, 4) is 5.75 Å². The van der Waals surface area contributed by atoms with Crippen molar-refractivity contribution in [1.82, 2.24) is 9.97 Å². The Labute approximate surface area is 120 Å². The van der Waals surface area contributed by atoms with E-state index >= 15 is 0 Å². The number of hydrogen-bond donors (Lipinski definition) is 1. The molecule has 0 aliphatic carbocycles. The van der Waals surface area contributed by atoms with Crippen LogP contribution >= 0.6 is 11.6 Å². The van der Waals surface area contributed by atoms with Crippen molar-refractivity contribution in [3.05, 3.63) is 41.3 Å². The Morgan fingerprint density at radius 3 is 2.65 bits per heavy atom. The number of methoxy groups -OCH3 is 2. The summed E-state index contributed by atoms with van der Waals surface area (Å²) in [5.74, 6) is 0.538. The van der Waals surface area contributed by atoms with E-state index in [1.165, 1.54) is 19.5 Å². The molecule has 0 saturated heterocycles. The Kier molecular flexibility index (Phi) is 4.37. The van der Waals surface area contributed by atoms with E-state index in [0.717, 1.165) is 0 Å². The first-order valence-electron chi connectivity index (χ1n) is 5.65. The van der Waals surface area contributed by atoms with Gasteiger partial charge in [-0.3, -0.25) is 0 Å². The van der Waals surface area contributed by atoms with E-state index < -0.39 is 5.97 Å². The van der Waals surface area contributed by atoms with Gasteiger partial charge < -0.3 is 14.8 Å². The molecule has 6 nitrogen and oxygen atoms in total. The first kappa shape index (κ1) is 14.1. The number of hydrogen-bond acceptors (Lipinski definition) is 6. The lowest BCUT2D eigenvalue weighted by Gasteiger charge is -2.10. The molecule has 0 aliphatic rings. The fourth-order valence-electron chi connectivity index (χ4n) is 1.52. The van der Waals surface area contributed by atoms with Crippen LogP contribution in [-0.4, -0.2) is 30.2 Å². The van der Waals surface area contributed by atoms with Crippen LogP contribution in [0.3, 0.4) is 0 Å². The van der Waals surface area contributed by atoms with Crippen LogP contribution in [0.2, 0.25) is 5.02 Å². The Morgan fingerprint density at radius 1 is 1.25 bits per heavy atom. The van der Waals surface area contributed by atoms with Crippen LogP contribution in [0.5, 0.6) is 5.75 Å². The Morgan fingerprint density at radius 2 is 2.05 bits per heavy atom. The van der Waals surface area contributed by atoms with E-state index in [1.807, 2.05) is 0 Å². The highest BCUT2D eigenvalue weighted by Crippen LogP contribution is 2.29. The van der Waals surface area contributed by atoms with Gasteiger partial charge in [0.05, 0.1) is 32.3 Å². The summed E-state index contributed by atoms with van der Waals surface area (Å²) in [6.45, 7) is 0. The standard InChI is InChI=1S/C13H12ClN3O3/c1-19-11-4-3-8(14)5-9(11)17-12-7-15-10(6-16-12)13(18)20-2/h3-7H,1-2H3,(H,16,17). The number of esters is 1. The molecule has 0 spiro atoms. The number of rotatable bonds is 4. The third-order valence-corrected chi connectivity index (χ3v) is 2.71. The quantitative estimate of drug-likeness (QED) is 0.874. The van der Waals surface area contributed by atoms with Crippen LogP contribution in [0.1, 0.15) is 10.5 Å². The average molecular weight is 294 g/mol. The molecule has 1 N–H and O–H groups in total. The van der Waals surface area contributed by atoms with Crippen LogP contribution in [-0.2, 0) is 4.74 Å². The molecule has 0 fully saturated rings. The van der Waals surface area contributed by atoms with Gasteiger partial charge in [-0.1, -0.05) is 11.6 Å². The highest BCUT2D eigenvalue weighted by atomic mass is 35.5. The predicted molar refractivity (Wildman–Crippen MR) is 74.7 cm³/mol. The fraction of sp³-hybridized carbons (Fsp3) is 0.154. The van der Waals surface area contributed by atoms with E-state index in [4.69, 9.17) is 16.3 Å². The predicted octanol–water partition coefficient (Wildman–Crippen LogP) is 2.67. The molecule has 2 aromatic rings. The molecule has 0 amide bonds. The number of carbonyl (C=O) groups excluding carboxylic acids is 1. The molecule has 0 saturated carbocycles. The number of carbonyl (C=O) groups is 1. The molecule has 2 rings (SSSR count). The number of nitrogens with one attached hydrogen (secondary N) is 1. The van der Waals surface area contributed by atoms with Gasteiger partial charge in [0.25, 0.3) is 0 Å². The lowest BCUT2D eigenvalue weighted by molar-refractivity contribution is 0.0593. The summed E-state index contributed by atoms with van der Waals surface area (Å²) in [6, 6.07) is 5.16. The van der Waals surface area contributed by atoms with Crippen molar-refractivity contribution in [2.75, 3.05) is 19.5 Å². The maximum Gasteiger partial charge on any atom is 0.358 e. The van der Waals surface area contributed by atoms with Crippen molar-refractivity contribution in [3.63, 3.8) is 0 Å². The molecule has 0 atom stereocenters. The molecular weight excluding hydrogens is 282 g/mol. The molecule has 1 aromatic carbocycles. The van der Waals surface area contributed by atoms with Crippen molar-refractivity contribution >= 4 is 29.1 Å². The molecule has 104 valence electrons. The smallest absolute Gasteiger partial charge is 0.358 e. The zero-order valence-corrected chi connectivity index (χ0v) is 11.6. The molecule has 1 heterocycles. The topological polar surface area (TPSA) is 73.3 Å². The SMILES string of the molecule is COC(=O)c1cnc(Nc2cc(Cl)ccc2OC)cn1. The van der Waals surface area contributed by atoms with Crippen molar-refractivity contribution < 1.29 is 14.3 Å². The molecule has 0 bridgehead atoms. The molecule has 7 heteroatoms. The Balaban J connectivity index is 2.22. The second-order valence-corrected chi connectivity index (χ2v) is 4.18. The molecule has 0 unspecified atom stereocenters. The summed E-state index contributed by atoms with van der Waals surface area (Å²) in [4.78, 5) is 19.3. The van der Waals surface area contributed by atoms with Crippen molar-refractivity contribution in [2.45, 2.75) is 0 Å². The van der Waals surface area contributed by atoms with Gasteiger partial charge in [0.1, 0.15) is 11.6 Å². The minimum absolute atomic E-state index is 0.135. The number of nitrogens with zero attached hydrogens (tertiary/aromatic N) is 2.